The van der Waals surface area contributed by atoms with E-state index in [1.165, 1.54) is 19.3 Å². The van der Waals surface area contributed by atoms with Crippen LogP contribution in [-0.2, 0) is 4.79 Å². The molecule has 2 heterocycles. The fraction of sp³-hybridized carbons (Fsp3) is 0.938. The van der Waals surface area contributed by atoms with Gasteiger partial charge in [0, 0.05) is 25.2 Å². The third kappa shape index (κ3) is 2.83. The van der Waals surface area contributed by atoms with Gasteiger partial charge in [-0.3, -0.25) is 14.6 Å². The van der Waals surface area contributed by atoms with Gasteiger partial charge in [0.2, 0.25) is 5.91 Å². The highest BCUT2D eigenvalue weighted by Gasteiger charge is 2.50. The summed E-state index contributed by atoms with van der Waals surface area (Å²) < 4.78 is 0. The highest BCUT2D eigenvalue weighted by molar-refractivity contribution is 5.86. The Kier molecular flexibility index (Phi) is 4.26. The number of hydrogen-bond donors (Lipinski definition) is 2. The van der Waals surface area contributed by atoms with Gasteiger partial charge in [0.05, 0.1) is 0 Å². The fourth-order valence-corrected chi connectivity index (χ4v) is 4.46. The van der Waals surface area contributed by atoms with Crippen LogP contribution in [0.4, 0.5) is 0 Å². The molecule has 3 fully saturated rings. The summed E-state index contributed by atoms with van der Waals surface area (Å²) in [4.78, 5) is 17.2. The minimum Gasteiger partial charge on any atom is -0.368 e. The van der Waals surface area contributed by atoms with Gasteiger partial charge in [0.15, 0.2) is 0 Å². The summed E-state index contributed by atoms with van der Waals surface area (Å²) in [6.07, 6.45) is 6.13. The van der Waals surface area contributed by atoms with Gasteiger partial charge in [-0.1, -0.05) is 6.92 Å². The van der Waals surface area contributed by atoms with E-state index in [4.69, 9.17) is 5.73 Å². The van der Waals surface area contributed by atoms with Gasteiger partial charge in [-0.05, 0) is 58.2 Å². The van der Waals surface area contributed by atoms with E-state index in [2.05, 4.69) is 29.1 Å². The lowest BCUT2D eigenvalue weighted by Crippen LogP contribution is -2.63. The second-order valence-electron chi connectivity index (χ2n) is 7.21. The van der Waals surface area contributed by atoms with E-state index in [9.17, 15) is 4.79 Å². The van der Waals surface area contributed by atoms with Crippen LogP contribution in [0.15, 0.2) is 0 Å². The first kappa shape index (κ1) is 15.3. The van der Waals surface area contributed by atoms with Crippen LogP contribution in [-0.4, -0.2) is 66.6 Å². The Bertz CT molecular complexity index is 398. The molecule has 3 unspecified atom stereocenters. The van der Waals surface area contributed by atoms with Gasteiger partial charge in [-0.15, -0.1) is 0 Å². The van der Waals surface area contributed by atoms with Crippen molar-refractivity contribution in [1.82, 2.24) is 15.1 Å². The number of hydrogen-bond acceptors (Lipinski definition) is 4. The SMILES string of the molecule is CCNC(CN1CCC2CCC(C1)N2C)(C(N)=O)C1CC1. The Morgan fingerprint density at radius 2 is 1.95 bits per heavy atom. The maximum atomic E-state index is 12.2. The van der Waals surface area contributed by atoms with E-state index in [-0.39, 0.29) is 5.91 Å². The predicted molar refractivity (Wildman–Crippen MR) is 84.0 cm³/mol. The summed E-state index contributed by atoms with van der Waals surface area (Å²) >= 11 is 0. The monoisotopic (exact) mass is 294 g/mol. The fourth-order valence-electron chi connectivity index (χ4n) is 4.46. The second-order valence-corrected chi connectivity index (χ2v) is 7.21. The molecule has 0 radical (unpaired) electrons. The summed E-state index contributed by atoms with van der Waals surface area (Å²) in [7, 11) is 2.26. The van der Waals surface area contributed by atoms with Crippen LogP contribution in [0.1, 0.15) is 39.0 Å². The van der Waals surface area contributed by atoms with Crippen molar-refractivity contribution in [2.24, 2.45) is 11.7 Å². The average molecular weight is 294 g/mol. The lowest BCUT2D eigenvalue weighted by atomic mass is 9.90. The smallest absolute Gasteiger partial charge is 0.239 e. The number of primary amides is 1. The van der Waals surface area contributed by atoms with Gasteiger partial charge in [0.1, 0.15) is 5.54 Å². The Morgan fingerprint density at radius 1 is 1.24 bits per heavy atom. The largest absolute Gasteiger partial charge is 0.368 e. The minimum atomic E-state index is -0.503. The van der Waals surface area contributed by atoms with Gasteiger partial charge < -0.3 is 11.1 Å². The lowest BCUT2D eigenvalue weighted by molar-refractivity contribution is -0.126. The van der Waals surface area contributed by atoms with Crippen molar-refractivity contribution in [3.63, 3.8) is 0 Å². The van der Waals surface area contributed by atoms with Crippen LogP contribution >= 0.6 is 0 Å². The molecule has 2 aliphatic heterocycles. The quantitative estimate of drug-likeness (QED) is 0.744. The van der Waals surface area contributed by atoms with E-state index >= 15 is 0 Å². The average Bonchev–Trinajstić information content (AvgIpc) is 3.21. The maximum absolute atomic E-state index is 12.2. The standard InChI is InChI=1S/C16H30N4O/c1-3-18-16(15(17)21,12-4-5-12)11-20-9-8-13-6-7-14(10-20)19(13)2/h12-14,18H,3-11H2,1-2H3,(H2,17,21). The van der Waals surface area contributed by atoms with E-state index in [0.717, 1.165) is 45.1 Å². The number of nitrogens with zero attached hydrogens (tertiary/aromatic N) is 2. The van der Waals surface area contributed by atoms with Crippen molar-refractivity contribution < 1.29 is 4.79 Å². The first-order valence-corrected chi connectivity index (χ1v) is 8.56. The Hall–Kier alpha value is -0.650. The molecule has 3 rings (SSSR count). The van der Waals surface area contributed by atoms with Gasteiger partial charge in [-0.2, -0.15) is 0 Å². The number of carbonyl (C=O) groups is 1. The molecule has 2 saturated heterocycles. The Balaban J connectivity index is 1.72. The molecule has 0 spiro atoms. The van der Waals surface area contributed by atoms with Crippen LogP contribution in [0.25, 0.3) is 0 Å². The third-order valence-electron chi connectivity index (χ3n) is 5.91. The molecule has 3 aliphatic rings. The molecule has 0 aromatic rings. The first-order chi connectivity index (χ1) is 10.1. The number of amides is 1. The molecule has 5 nitrogen and oxygen atoms in total. The Labute approximate surface area is 128 Å². The van der Waals surface area contributed by atoms with E-state index in [1.54, 1.807) is 0 Å². The van der Waals surface area contributed by atoms with Gasteiger partial charge >= 0.3 is 0 Å². The molecule has 1 aliphatic carbocycles. The van der Waals surface area contributed by atoms with Crippen molar-refractivity contribution in [3.05, 3.63) is 0 Å². The molecule has 1 amide bonds. The zero-order valence-electron chi connectivity index (χ0n) is 13.5. The van der Waals surface area contributed by atoms with Crippen LogP contribution in [0, 0.1) is 5.92 Å². The second kappa shape index (κ2) is 5.86. The van der Waals surface area contributed by atoms with Crippen LogP contribution in [0.3, 0.4) is 0 Å². The van der Waals surface area contributed by atoms with Crippen LogP contribution in [0.2, 0.25) is 0 Å². The third-order valence-corrected chi connectivity index (χ3v) is 5.91. The molecule has 0 aromatic carbocycles. The summed E-state index contributed by atoms with van der Waals surface area (Å²) in [6.45, 7) is 5.84. The summed E-state index contributed by atoms with van der Waals surface area (Å²) in [5.41, 5.74) is 5.32. The number of likely N-dealkylation sites (N-methyl/N-ethyl adjacent to an activating group) is 2. The highest BCUT2D eigenvalue weighted by atomic mass is 16.1. The molecular formula is C16H30N4O. The van der Waals surface area contributed by atoms with Crippen molar-refractivity contribution in [2.75, 3.05) is 33.2 Å². The zero-order chi connectivity index (χ0) is 15.0. The molecular weight excluding hydrogens is 264 g/mol. The van der Waals surface area contributed by atoms with Crippen molar-refractivity contribution >= 4 is 5.91 Å². The molecule has 1 saturated carbocycles. The number of nitrogens with two attached hydrogens (primary N) is 1. The molecule has 2 bridgehead atoms. The molecule has 21 heavy (non-hydrogen) atoms. The van der Waals surface area contributed by atoms with E-state index in [0.29, 0.717) is 12.0 Å². The van der Waals surface area contributed by atoms with Crippen LogP contribution < -0.4 is 11.1 Å². The molecule has 3 N–H and O–H groups in total. The molecule has 120 valence electrons. The predicted octanol–water partition coefficient (Wildman–Crippen LogP) is 0.399. The van der Waals surface area contributed by atoms with E-state index in [1.807, 2.05) is 0 Å². The zero-order valence-corrected chi connectivity index (χ0v) is 13.5. The Morgan fingerprint density at radius 3 is 2.57 bits per heavy atom. The molecule has 5 heteroatoms. The number of rotatable bonds is 6. The summed E-state index contributed by atoms with van der Waals surface area (Å²) in [6, 6.07) is 1.40. The van der Waals surface area contributed by atoms with Gasteiger partial charge in [-0.25, -0.2) is 0 Å². The number of likely N-dealkylation sites (tertiary alicyclic amines) is 1. The lowest BCUT2D eigenvalue weighted by Gasteiger charge is -2.37. The first-order valence-electron chi connectivity index (χ1n) is 8.56. The van der Waals surface area contributed by atoms with Crippen molar-refractivity contribution in [2.45, 2.75) is 56.7 Å². The van der Waals surface area contributed by atoms with E-state index < -0.39 is 5.54 Å². The highest BCUT2D eigenvalue weighted by Crippen LogP contribution is 2.41. The number of nitrogens with one attached hydrogen (secondary N) is 1. The normalized spacial score (nSPS) is 33.6. The van der Waals surface area contributed by atoms with Crippen LogP contribution in [0.5, 0.6) is 0 Å². The molecule has 3 atom stereocenters. The minimum absolute atomic E-state index is 0.158. The van der Waals surface area contributed by atoms with Gasteiger partial charge in [0.25, 0.3) is 0 Å². The maximum Gasteiger partial charge on any atom is 0.239 e. The summed E-state index contributed by atoms with van der Waals surface area (Å²) in [5.74, 6) is 0.280. The topological polar surface area (TPSA) is 61.6 Å². The molecule has 0 aromatic heterocycles. The number of carbonyl (C=O) groups excluding carboxylic acids is 1. The van der Waals surface area contributed by atoms with Crippen molar-refractivity contribution in [1.29, 1.82) is 0 Å². The summed E-state index contributed by atoms with van der Waals surface area (Å²) in [5, 5.41) is 3.45. The van der Waals surface area contributed by atoms with Crippen molar-refractivity contribution in [3.8, 4) is 0 Å². The number of fused-ring (bicyclic) bond motifs is 2.